The number of imide groups is 2. The van der Waals surface area contributed by atoms with E-state index in [4.69, 9.17) is 9.47 Å². The quantitative estimate of drug-likeness (QED) is 0.501. The summed E-state index contributed by atoms with van der Waals surface area (Å²) in [5.74, 6) is 0.320. The van der Waals surface area contributed by atoms with Gasteiger partial charge in [0.2, 0.25) is 0 Å². The average molecular weight is 414 g/mol. The third-order valence-corrected chi connectivity index (χ3v) is 4.58. The molecule has 1 aliphatic rings. The molecule has 0 unspecified atom stereocenters. The van der Waals surface area contributed by atoms with Crippen molar-refractivity contribution >= 4 is 29.6 Å². The topological polar surface area (TPSA) is 84.9 Å². The van der Waals surface area contributed by atoms with Crippen LogP contribution in [0, 0.1) is 0 Å². The highest BCUT2D eigenvalue weighted by Gasteiger charge is 2.36. The van der Waals surface area contributed by atoms with Crippen molar-refractivity contribution in [2.75, 3.05) is 12.0 Å². The van der Waals surface area contributed by atoms with Crippen molar-refractivity contribution in [1.29, 1.82) is 0 Å². The Bertz CT molecular complexity index is 1170. The maximum atomic E-state index is 13.0. The van der Waals surface area contributed by atoms with E-state index >= 15 is 0 Å². The van der Waals surface area contributed by atoms with Crippen LogP contribution in [0.1, 0.15) is 5.56 Å². The molecule has 7 heteroatoms. The number of barbiturate groups is 1. The summed E-state index contributed by atoms with van der Waals surface area (Å²) in [5.41, 5.74) is 0.742. The van der Waals surface area contributed by atoms with Crippen molar-refractivity contribution in [3.8, 4) is 17.2 Å². The van der Waals surface area contributed by atoms with Gasteiger partial charge in [0.25, 0.3) is 11.8 Å². The lowest BCUT2D eigenvalue weighted by molar-refractivity contribution is -0.122. The van der Waals surface area contributed by atoms with E-state index in [1.54, 1.807) is 48.5 Å². The predicted molar refractivity (Wildman–Crippen MR) is 115 cm³/mol. The third kappa shape index (κ3) is 4.30. The smallest absolute Gasteiger partial charge is 0.335 e. The SMILES string of the molecule is COc1ccc(N2C(=O)NC(=O)/C(=C/c3cccc(Oc4ccccc4)c3)C2=O)cc1. The summed E-state index contributed by atoms with van der Waals surface area (Å²) in [6.07, 6.45) is 1.43. The maximum absolute atomic E-state index is 13.0. The molecular weight excluding hydrogens is 396 g/mol. The second-order valence-corrected chi connectivity index (χ2v) is 6.64. The van der Waals surface area contributed by atoms with Crippen LogP contribution in [0.5, 0.6) is 17.2 Å². The fourth-order valence-electron chi connectivity index (χ4n) is 3.08. The van der Waals surface area contributed by atoms with Crippen LogP contribution in [-0.2, 0) is 9.59 Å². The zero-order valence-electron chi connectivity index (χ0n) is 16.6. The Labute approximate surface area is 178 Å². The summed E-state index contributed by atoms with van der Waals surface area (Å²) in [4.78, 5) is 38.6. The lowest BCUT2D eigenvalue weighted by Crippen LogP contribution is -2.54. The standard InChI is InChI=1S/C24H18N2O5/c1-30-18-12-10-17(11-13-18)26-23(28)21(22(27)25-24(26)29)15-16-6-5-9-20(14-16)31-19-7-3-2-4-8-19/h2-15H,1H3,(H,25,27,29)/b21-15-. The first-order valence-electron chi connectivity index (χ1n) is 9.43. The van der Waals surface area contributed by atoms with Gasteiger partial charge in [0.1, 0.15) is 22.8 Å². The van der Waals surface area contributed by atoms with Gasteiger partial charge in [-0.25, -0.2) is 9.69 Å². The van der Waals surface area contributed by atoms with Gasteiger partial charge in [-0.15, -0.1) is 0 Å². The molecule has 1 fully saturated rings. The van der Waals surface area contributed by atoms with Crippen molar-refractivity contribution in [3.63, 3.8) is 0 Å². The molecule has 1 saturated heterocycles. The van der Waals surface area contributed by atoms with Gasteiger partial charge in [0.05, 0.1) is 12.8 Å². The normalized spacial score (nSPS) is 15.1. The maximum Gasteiger partial charge on any atom is 0.335 e. The van der Waals surface area contributed by atoms with Crippen LogP contribution in [0.3, 0.4) is 0 Å². The summed E-state index contributed by atoms with van der Waals surface area (Å²) in [6, 6.07) is 21.8. The van der Waals surface area contributed by atoms with E-state index in [9.17, 15) is 14.4 Å². The number of urea groups is 1. The Morgan fingerprint density at radius 3 is 2.23 bits per heavy atom. The Balaban J connectivity index is 1.63. The van der Waals surface area contributed by atoms with E-state index in [1.807, 2.05) is 30.3 Å². The number of nitrogens with zero attached hydrogens (tertiary/aromatic N) is 1. The number of methoxy groups -OCH3 is 1. The first kappa shape index (κ1) is 19.9. The molecule has 7 nitrogen and oxygen atoms in total. The summed E-state index contributed by atoms with van der Waals surface area (Å²) in [7, 11) is 1.52. The highest BCUT2D eigenvalue weighted by atomic mass is 16.5. The van der Waals surface area contributed by atoms with Crippen LogP contribution in [0.15, 0.2) is 84.4 Å². The minimum absolute atomic E-state index is 0.160. The highest BCUT2D eigenvalue weighted by molar-refractivity contribution is 6.39. The van der Waals surface area contributed by atoms with Gasteiger partial charge in [0, 0.05) is 0 Å². The minimum Gasteiger partial charge on any atom is -0.497 e. The number of anilines is 1. The van der Waals surface area contributed by atoms with Gasteiger partial charge < -0.3 is 9.47 Å². The molecule has 1 aliphatic heterocycles. The van der Waals surface area contributed by atoms with E-state index < -0.39 is 17.8 Å². The predicted octanol–water partition coefficient (Wildman–Crippen LogP) is 4.15. The van der Waals surface area contributed by atoms with Crippen LogP contribution in [0.25, 0.3) is 6.08 Å². The molecule has 0 aromatic heterocycles. The van der Waals surface area contributed by atoms with Crippen LogP contribution in [0.2, 0.25) is 0 Å². The third-order valence-electron chi connectivity index (χ3n) is 4.58. The number of ether oxygens (including phenoxy) is 2. The number of amides is 4. The number of hydrogen-bond acceptors (Lipinski definition) is 5. The molecule has 3 aromatic carbocycles. The molecule has 0 bridgehead atoms. The van der Waals surface area contributed by atoms with Crippen molar-refractivity contribution in [2.45, 2.75) is 0 Å². The molecule has 0 spiro atoms. The van der Waals surface area contributed by atoms with Crippen LogP contribution < -0.4 is 19.7 Å². The van der Waals surface area contributed by atoms with Gasteiger partial charge in [-0.2, -0.15) is 0 Å². The molecule has 154 valence electrons. The number of carbonyl (C=O) groups excluding carboxylic acids is 3. The van der Waals surface area contributed by atoms with E-state index in [1.165, 1.54) is 13.2 Å². The van der Waals surface area contributed by atoms with Gasteiger partial charge in [-0.05, 0) is 60.2 Å². The fourth-order valence-corrected chi connectivity index (χ4v) is 3.08. The second kappa shape index (κ2) is 8.54. The largest absolute Gasteiger partial charge is 0.497 e. The Morgan fingerprint density at radius 2 is 1.52 bits per heavy atom. The van der Waals surface area contributed by atoms with Crippen molar-refractivity contribution in [1.82, 2.24) is 5.32 Å². The van der Waals surface area contributed by atoms with Crippen LogP contribution in [0.4, 0.5) is 10.5 Å². The van der Waals surface area contributed by atoms with Gasteiger partial charge in [-0.1, -0.05) is 30.3 Å². The number of rotatable bonds is 5. The van der Waals surface area contributed by atoms with E-state index in [-0.39, 0.29) is 5.57 Å². The molecule has 1 N–H and O–H groups in total. The first-order valence-corrected chi connectivity index (χ1v) is 9.43. The van der Waals surface area contributed by atoms with Gasteiger partial charge in [0.15, 0.2) is 0 Å². The highest BCUT2D eigenvalue weighted by Crippen LogP contribution is 2.26. The summed E-state index contributed by atoms with van der Waals surface area (Å²) >= 11 is 0. The van der Waals surface area contributed by atoms with Crippen molar-refractivity contribution in [2.24, 2.45) is 0 Å². The molecule has 31 heavy (non-hydrogen) atoms. The number of para-hydroxylation sites is 1. The summed E-state index contributed by atoms with van der Waals surface area (Å²) in [6.45, 7) is 0. The molecule has 0 atom stereocenters. The molecular formula is C24H18N2O5. The van der Waals surface area contributed by atoms with Gasteiger partial charge >= 0.3 is 6.03 Å². The zero-order valence-corrected chi connectivity index (χ0v) is 16.6. The van der Waals surface area contributed by atoms with Gasteiger partial charge in [-0.3, -0.25) is 14.9 Å². The lowest BCUT2D eigenvalue weighted by Gasteiger charge is -2.26. The molecule has 0 radical (unpaired) electrons. The molecule has 4 rings (SSSR count). The van der Waals surface area contributed by atoms with Crippen molar-refractivity contribution < 1.29 is 23.9 Å². The van der Waals surface area contributed by atoms with E-state index in [0.29, 0.717) is 28.5 Å². The van der Waals surface area contributed by atoms with Crippen molar-refractivity contribution in [3.05, 3.63) is 90.0 Å². The second-order valence-electron chi connectivity index (χ2n) is 6.64. The number of carbonyl (C=O) groups is 3. The number of benzene rings is 3. The number of hydrogen-bond donors (Lipinski definition) is 1. The molecule has 0 saturated carbocycles. The molecule has 1 heterocycles. The summed E-state index contributed by atoms with van der Waals surface area (Å²) in [5, 5.41) is 2.21. The number of nitrogens with one attached hydrogen (secondary N) is 1. The summed E-state index contributed by atoms with van der Waals surface area (Å²) < 4.78 is 10.9. The Hall–Kier alpha value is -4.39. The van der Waals surface area contributed by atoms with Crippen LogP contribution >= 0.6 is 0 Å². The fraction of sp³-hybridized carbons (Fsp3) is 0.0417. The lowest BCUT2D eigenvalue weighted by atomic mass is 10.1. The monoisotopic (exact) mass is 414 g/mol. The Morgan fingerprint density at radius 1 is 0.806 bits per heavy atom. The Kier molecular flexibility index (Phi) is 5.49. The minimum atomic E-state index is -0.807. The molecule has 4 amide bonds. The molecule has 3 aromatic rings. The first-order chi connectivity index (χ1) is 15.0. The van der Waals surface area contributed by atoms with Crippen LogP contribution in [-0.4, -0.2) is 25.0 Å². The molecule has 0 aliphatic carbocycles. The van der Waals surface area contributed by atoms with E-state index in [2.05, 4.69) is 5.32 Å². The van der Waals surface area contributed by atoms with E-state index in [0.717, 1.165) is 4.90 Å². The average Bonchev–Trinajstić information content (AvgIpc) is 2.78. The zero-order chi connectivity index (χ0) is 21.8.